The molecule has 2 aliphatic heterocycles. The molecule has 0 spiro atoms. The van der Waals surface area contributed by atoms with Crippen LogP contribution in [0.5, 0.6) is 0 Å². The van der Waals surface area contributed by atoms with Crippen molar-refractivity contribution in [3.8, 4) is 0 Å². The minimum absolute atomic E-state index is 0.111. The van der Waals surface area contributed by atoms with Crippen molar-refractivity contribution in [1.82, 2.24) is 9.88 Å². The third kappa shape index (κ3) is 3.43. The second-order valence-electron chi connectivity index (χ2n) is 6.84. The lowest BCUT2D eigenvalue weighted by Crippen LogP contribution is -2.56. The van der Waals surface area contributed by atoms with E-state index in [-0.39, 0.29) is 29.1 Å². The van der Waals surface area contributed by atoms with Crippen LogP contribution in [0.3, 0.4) is 0 Å². The van der Waals surface area contributed by atoms with Crippen LogP contribution in [0.1, 0.15) is 23.2 Å². The molecule has 2 atom stereocenters. The molecule has 0 aliphatic carbocycles. The van der Waals surface area contributed by atoms with Gasteiger partial charge in [0.25, 0.3) is 6.43 Å². The molecule has 26 heavy (non-hydrogen) atoms. The van der Waals surface area contributed by atoms with Crippen molar-refractivity contribution >= 4 is 16.9 Å². The number of piperidine rings is 1. The number of hydrogen-bond acceptors (Lipinski definition) is 4. The number of nitrogens with one attached hydrogen (secondary N) is 1. The zero-order chi connectivity index (χ0) is 18.3. The number of fused-ring (bicyclic) bond motifs is 3. The van der Waals surface area contributed by atoms with E-state index in [1.165, 1.54) is 29.0 Å². The molecule has 0 saturated carbocycles. The Morgan fingerprint density at radius 1 is 1.31 bits per heavy atom. The first-order valence-electron chi connectivity index (χ1n) is 8.61. The molecule has 8 heteroatoms. The van der Waals surface area contributed by atoms with Crippen LogP contribution >= 0.6 is 0 Å². The predicted molar refractivity (Wildman–Crippen MR) is 87.9 cm³/mol. The van der Waals surface area contributed by atoms with Crippen molar-refractivity contribution in [3.05, 3.63) is 35.8 Å². The maximum atomic E-state index is 13.6. The van der Waals surface area contributed by atoms with Gasteiger partial charge in [0.05, 0.1) is 25.3 Å². The number of carbonyl (C=O) groups is 1. The summed E-state index contributed by atoms with van der Waals surface area (Å²) >= 11 is 0. The highest BCUT2D eigenvalue weighted by Gasteiger charge is 2.34. The SMILES string of the molecule is O=C(OC1CC2COCC(C1)N2)c1cn(CC(F)F)c2ccc(F)cc12. The number of morpholine rings is 1. The van der Waals surface area contributed by atoms with E-state index >= 15 is 0 Å². The summed E-state index contributed by atoms with van der Waals surface area (Å²) in [4.78, 5) is 12.7. The first kappa shape index (κ1) is 17.4. The van der Waals surface area contributed by atoms with Gasteiger partial charge in [-0.15, -0.1) is 0 Å². The first-order chi connectivity index (χ1) is 12.5. The normalized spacial score (nSPS) is 25.6. The van der Waals surface area contributed by atoms with Crippen LogP contribution in [0.15, 0.2) is 24.4 Å². The number of benzene rings is 1. The highest BCUT2D eigenvalue weighted by molar-refractivity contribution is 6.04. The molecule has 1 aromatic heterocycles. The summed E-state index contributed by atoms with van der Waals surface area (Å²) in [6, 6.07) is 4.04. The summed E-state index contributed by atoms with van der Waals surface area (Å²) in [6.45, 7) is 0.581. The van der Waals surface area contributed by atoms with Gasteiger partial charge in [-0.3, -0.25) is 0 Å². The van der Waals surface area contributed by atoms with Crippen LogP contribution in [0.2, 0.25) is 0 Å². The Bertz CT molecular complexity index is 811. The predicted octanol–water partition coefficient (Wildman–Crippen LogP) is 2.72. The molecule has 2 aliphatic rings. The van der Waals surface area contributed by atoms with Crippen LogP contribution < -0.4 is 5.32 Å². The Balaban J connectivity index is 1.59. The van der Waals surface area contributed by atoms with E-state index < -0.39 is 24.8 Å². The molecule has 2 bridgehead atoms. The molecule has 0 amide bonds. The molecule has 0 radical (unpaired) electrons. The van der Waals surface area contributed by atoms with Gasteiger partial charge >= 0.3 is 5.97 Å². The lowest BCUT2D eigenvalue weighted by molar-refractivity contribution is -0.0339. The maximum absolute atomic E-state index is 13.6. The third-order valence-electron chi connectivity index (χ3n) is 4.88. The second kappa shape index (κ2) is 6.92. The van der Waals surface area contributed by atoms with Gasteiger partial charge in [-0.2, -0.15) is 0 Å². The first-order valence-corrected chi connectivity index (χ1v) is 8.61. The number of rotatable bonds is 4. The lowest BCUT2D eigenvalue weighted by Gasteiger charge is -2.39. The van der Waals surface area contributed by atoms with Gasteiger partial charge in [0.2, 0.25) is 0 Å². The Hall–Kier alpha value is -2.06. The van der Waals surface area contributed by atoms with Crippen molar-refractivity contribution in [1.29, 1.82) is 0 Å². The standard InChI is InChI=1S/C18H19F3N2O3/c19-10-1-2-16-14(3-10)15(6-23(16)7-17(20)21)18(24)26-13-4-11-8-25-9-12(5-13)22-11/h1-3,6,11-13,17,22H,4-5,7-9H2. The summed E-state index contributed by atoms with van der Waals surface area (Å²) in [6.07, 6.45) is -0.268. The molecule has 2 aromatic rings. The number of aromatic nitrogens is 1. The van der Waals surface area contributed by atoms with E-state index in [9.17, 15) is 18.0 Å². The topological polar surface area (TPSA) is 52.5 Å². The number of alkyl halides is 2. The van der Waals surface area contributed by atoms with Crippen LogP contribution in [-0.4, -0.2) is 48.4 Å². The van der Waals surface area contributed by atoms with E-state index in [4.69, 9.17) is 9.47 Å². The van der Waals surface area contributed by atoms with Crippen molar-refractivity contribution < 1.29 is 27.4 Å². The van der Waals surface area contributed by atoms with Gasteiger partial charge < -0.3 is 19.4 Å². The minimum atomic E-state index is -2.58. The number of halogens is 3. The fraction of sp³-hybridized carbons (Fsp3) is 0.500. The summed E-state index contributed by atoms with van der Waals surface area (Å²) in [5.74, 6) is -1.14. The Kier molecular flexibility index (Phi) is 4.62. The molecule has 3 heterocycles. The molecular formula is C18H19F3N2O3. The lowest BCUT2D eigenvalue weighted by atomic mass is 9.94. The largest absolute Gasteiger partial charge is 0.459 e. The number of esters is 1. The third-order valence-corrected chi connectivity index (χ3v) is 4.88. The molecule has 5 nitrogen and oxygen atoms in total. The van der Waals surface area contributed by atoms with Crippen molar-refractivity contribution in [2.75, 3.05) is 13.2 Å². The number of carbonyl (C=O) groups excluding carboxylic acids is 1. The van der Waals surface area contributed by atoms with Gasteiger partial charge in [0.1, 0.15) is 11.9 Å². The van der Waals surface area contributed by atoms with E-state index in [2.05, 4.69) is 5.32 Å². The van der Waals surface area contributed by atoms with Crippen molar-refractivity contribution in [2.24, 2.45) is 0 Å². The minimum Gasteiger partial charge on any atom is -0.459 e. The van der Waals surface area contributed by atoms with Gasteiger partial charge in [-0.05, 0) is 18.2 Å². The van der Waals surface area contributed by atoms with Crippen LogP contribution in [-0.2, 0) is 16.0 Å². The summed E-state index contributed by atoms with van der Waals surface area (Å²) in [5, 5.41) is 3.69. The molecular weight excluding hydrogens is 349 g/mol. The Labute approximate surface area is 148 Å². The number of ether oxygens (including phenoxy) is 2. The summed E-state index contributed by atoms with van der Waals surface area (Å²) in [5.41, 5.74) is 0.495. The zero-order valence-electron chi connectivity index (χ0n) is 14.0. The van der Waals surface area contributed by atoms with E-state index in [1.807, 2.05) is 0 Å². The average Bonchev–Trinajstić information content (AvgIpc) is 2.91. The van der Waals surface area contributed by atoms with Crippen LogP contribution in [0.25, 0.3) is 10.9 Å². The fourth-order valence-electron chi connectivity index (χ4n) is 3.83. The van der Waals surface area contributed by atoms with Crippen molar-refractivity contribution in [3.63, 3.8) is 0 Å². The van der Waals surface area contributed by atoms with Crippen molar-refractivity contribution in [2.45, 2.75) is 44.0 Å². The van der Waals surface area contributed by atoms with E-state index in [0.717, 1.165) is 0 Å². The second-order valence-corrected chi connectivity index (χ2v) is 6.84. The summed E-state index contributed by atoms with van der Waals surface area (Å²) < 4.78 is 51.6. The van der Waals surface area contributed by atoms with Gasteiger partial charge in [-0.25, -0.2) is 18.0 Å². The average molecular weight is 368 g/mol. The van der Waals surface area contributed by atoms with Gasteiger partial charge in [0.15, 0.2) is 0 Å². The van der Waals surface area contributed by atoms with Gasteiger partial charge in [-0.1, -0.05) is 0 Å². The highest BCUT2D eigenvalue weighted by Crippen LogP contribution is 2.27. The number of hydrogen-bond donors (Lipinski definition) is 1. The van der Waals surface area contributed by atoms with E-state index in [0.29, 0.717) is 31.6 Å². The molecule has 1 aromatic carbocycles. The molecule has 140 valence electrons. The monoisotopic (exact) mass is 368 g/mol. The molecule has 2 saturated heterocycles. The molecule has 1 N–H and O–H groups in total. The van der Waals surface area contributed by atoms with Gasteiger partial charge in [0, 0.05) is 42.0 Å². The number of nitrogens with zero attached hydrogens (tertiary/aromatic N) is 1. The molecule has 2 fully saturated rings. The quantitative estimate of drug-likeness (QED) is 0.844. The van der Waals surface area contributed by atoms with Crippen LogP contribution in [0, 0.1) is 5.82 Å². The smallest absolute Gasteiger partial charge is 0.340 e. The molecule has 2 unspecified atom stereocenters. The van der Waals surface area contributed by atoms with Crippen LogP contribution in [0.4, 0.5) is 13.2 Å². The zero-order valence-corrected chi connectivity index (χ0v) is 14.0. The fourth-order valence-corrected chi connectivity index (χ4v) is 3.83. The molecule has 4 rings (SSSR count). The summed E-state index contributed by atoms with van der Waals surface area (Å²) in [7, 11) is 0. The Morgan fingerprint density at radius 3 is 2.73 bits per heavy atom. The van der Waals surface area contributed by atoms with E-state index in [1.54, 1.807) is 0 Å². The maximum Gasteiger partial charge on any atom is 0.340 e. The highest BCUT2D eigenvalue weighted by atomic mass is 19.3. The Morgan fingerprint density at radius 2 is 2.04 bits per heavy atom.